The molecule has 0 aromatic heterocycles. The molecule has 14 heavy (non-hydrogen) atoms. The van der Waals surface area contributed by atoms with Crippen LogP contribution in [0.4, 0.5) is 8.78 Å². The highest BCUT2D eigenvalue weighted by Gasteiger charge is 2.08. The lowest BCUT2D eigenvalue weighted by molar-refractivity contribution is 0.0992. The predicted octanol–water partition coefficient (Wildman–Crippen LogP) is 3.11. The second kappa shape index (κ2) is 4.13. The molecule has 0 N–H and O–H groups in total. The molecule has 0 unspecified atom stereocenters. The third-order valence-electron chi connectivity index (χ3n) is 1.65. The van der Waals surface area contributed by atoms with Crippen LogP contribution in [-0.2, 0) is 0 Å². The van der Waals surface area contributed by atoms with Crippen LogP contribution in [0.3, 0.4) is 0 Å². The fourth-order valence-electron chi connectivity index (χ4n) is 1.09. The van der Waals surface area contributed by atoms with Gasteiger partial charge in [-0.1, -0.05) is 12.2 Å². The number of allylic oxidation sites excluding steroid dienone is 1. The van der Waals surface area contributed by atoms with Gasteiger partial charge in [0.2, 0.25) is 0 Å². The summed E-state index contributed by atoms with van der Waals surface area (Å²) in [5.41, 5.74) is 0.713. The van der Waals surface area contributed by atoms with Crippen LogP contribution in [0.2, 0.25) is 0 Å². The summed E-state index contributed by atoms with van der Waals surface area (Å²) < 4.78 is 25.4. The van der Waals surface area contributed by atoms with E-state index in [0.717, 1.165) is 18.2 Å². The quantitative estimate of drug-likeness (QED) is 0.536. The predicted molar refractivity (Wildman–Crippen MR) is 50.1 cm³/mol. The molecular weight excluding hydrogens is 186 g/mol. The zero-order valence-electron chi connectivity index (χ0n) is 7.81. The minimum atomic E-state index is -0.741. The Morgan fingerprint density at radius 2 is 1.79 bits per heavy atom. The molecule has 0 bridgehead atoms. The van der Waals surface area contributed by atoms with Crippen LogP contribution in [0, 0.1) is 11.6 Å². The molecule has 0 heterocycles. The Labute approximate surface area is 81.1 Å². The van der Waals surface area contributed by atoms with Gasteiger partial charge in [-0.2, -0.15) is 0 Å². The lowest BCUT2D eigenvalue weighted by atomic mass is 10.0. The molecule has 0 radical (unpaired) electrons. The standard InChI is InChI=1S/C11H10F2O/c1-7(2)3-11(14)8-4-9(12)6-10(13)5-8/h4-6H,1,3H2,2H3. The smallest absolute Gasteiger partial charge is 0.167 e. The van der Waals surface area contributed by atoms with Gasteiger partial charge < -0.3 is 0 Å². The van der Waals surface area contributed by atoms with E-state index in [4.69, 9.17) is 0 Å². The average molecular weight is 196 g/mol. The van der Waals surface area contributed by atoms with Gasteiger partial charge in [-0.05, 0) is 19.1 Å². The number of hydrogen-bond acceptors (Lipinski definition) is 1. The van der Waals surface area contributed by atoms with Crippen molar-refractivity contribution in [3.63, 3.8) is 0 Å². The Bertz CT molecular complexity index is 363. The Morgan fingerprint density at radius 1 is 1.29 bits per heavy atom. The molecule has 0 spiro atoms. The summed E-state index contributed by atoms with van der Waals surface area (Å²) >= 11 is 0. The van der Waals surface area contributed by atoms with Gasteiger partial charge in [-0.15, -0.1) is 0 Å². The van der Waals surface area contributed by atoms with Gasteiger partial charge in [0.05, 0.1) is 0 Å². The molecule has 1 aromatic carbocycles. The van der Waals surface area contributed by atoms with Crippen molar-refractivity contribution >= 4 is 5.78 Å². The van der Waals surface area contributed by atoms with Crippen LogP contribution < -0.4 is 0 Å². The van der Waals surface area contributed by atoms with Crippen molar-refractivity contribution in [2.45, 2.75) is 13.3 Å². The first kappa shape index (κ1) is 10.6. The summed E-state index contributed by atoms with van der Waals surface area (Å²) in [6.45, 7) is 5.25. The number of Topliss-reactive ketones (excluding diaryl/α,β-unsaturated/α-hetero) is 1. The van der Waals surface area contributed by atoms with E-state index in [1.807, 2.05) is 0 Å². The molecular formula is C11H10F2O. The first-order valence-electron chi connectivity index (χ1n) is 4.12. The first-order chi connectivity index (χ1) is 6.49. The lowest BCUT2D eigenvalue weighted by Gasteiger charge is -2.00. The third-order valence-corrected chi connectivity index (χ3v) is 1.65. The van der Waals surface area contributed by atoms with Crippen LogP contribution in [0.15, 0.2) is 30.4 Å². The van der Waals surface area contributed by atoms with Gasteiger partial charge in [0.25, 0.3) is 0 Å². The Balaban J connectivity index is 2.95. The normalized spacial score (nSPS) is 9.93. The van der Waals surface area contributed by atoms with E-state index in [-0.39, 0.29) is 17.8 Å². The van der Waals surface area contributed by atoms with Gasteiger partial charge in [-0.25, -0.2) is 8.78 Å². The van der Waals surface area contributed by atoms with Gasteiger partial charge in [-0.3, -0.25) is 4.79 Å². The number of halogens is 2. The molecule has 1 nitrogen and oxygen atoms in total. The second-order valence-corrected chi connectivity index (χ2v) is 3.22. The maximum atomic E-state index is 12.7. The summed E-state index contributed by atoms with van der Waals surface area (Å²) in [6, 6.07) is 2.78. The summed E-state index contributed by atoms with van der Waals surface area (Å²) in [6.07, 6.45) is 0.114. The minimum Gasteiger partial charge on any atom is -0.294 e. The highest BCUT2D eigenvalue weighted by molar-refractivity contribution is 5.97. The number of carbonyl (C=O) groups is 1. The van der Waals surface area contributed by atoms with Crippen molar-refractivity contribution in [2.75, 3.05) is 0 Å². The van der Waals surface area contributed by atoms with E-state index in [2.05, 4.69) is 6.58 Å². The largest absolute Gasteiger partial charge is 0.294 e. The van der Waals surface area contributed by atoms with Crippen molar-refractivity contribution in [2.24, 2.45) is 0 Å². The SMILES string of the molecule is C=C(C)CC(=O)c1cc(F)cc(F)c1. The summed E-state index contributed by atoms with van der Waals surface area (Å²) in [5.74, 6) is -1.80. The highest BCUT2D eigenvalue weighted by atomic mass is 19.1. The number of hydrogen-bond donors (Lipinski definition) is 0. The number of ketones is 1. The minimum absolute atomic E-state index is 0.0468. The van der Waals surface area contributed by atoms with Crippen LogP contribution >= 0.6 is 0 Å². The summed E-state index contributed by atoms with van der Waals surface area (Å²) in [5, 5.41) is 0. The summed E-state index contributed by atoms with van der Waals surface area (Å²) in [4.78, 5) is 11.4. The Hall–Kier alpha value is -1.51. The fraction of sp³-hybridized carbons (Fsp3) is 0.182. The molecule has 0 fully saturated rings. The maximum Gasteiger partial charge on any atom is 0.167 e. The van der Waals surface area contributed by atoms with E-state index in [0.29, 0.717) is 5.57 Å². The van der Waals surface area contributed by atoms with Crippen LogP contribution in [0.25, 0.3) is 0 Å². The maximum absolute atomic E-state index is 12.7. The van der Waals surface area contributed by atoms with E-state index >= 15 is 0 Å². The zero-order chi connectivity index (χ0) is 10.7. The molecule has 0 amide bonds. The number of carbonyl (C=O) groups excluding carboxylic acids is 1. The van der Waals surface area contributed by atoms with Crippen LogP contribution in [0.5, 0.6) is 0 Å². The van der Waals surface area contributed by atoms with Crippen molar-refractivity contribution in [1.29, 1.82) is 0 Å². The molecule has 0 saturated heterocycles. The van der Waals surface area contributed by atoms with Crippen molar-refractivity contribution in [3.8, 4) is 0 Å². The monoisotopic (exact) mass is 196 g/mol. The van der Waals surface area contributed by atoms with E-state index in [9.17, 15) is 13.6 Å². The Morgan fingerprint density at radius 3 is 2.21 bits per heavy atom. The summed E-state index contributed by atoms with van der Waals surface area (Å²) in [7, 11) is 0. The lowest BCUT2D eigenvalue weighted by Crippen LogP contribution is -2.00. The molecule has 0 atom stereocenters. The first-order valence-corrected chi connectivity index (χ1v) is 4.12. The Kier molecular flexibility index (Phi) is 3.12. The fourth-order valence-corrected chi connectivity index (χ4v) is 1.09. The third kappa shape index (κ3) is 2.76. The van der Waals surface area contributed by atoms with Crippen LogP contribution in [0.1, 0.15) is 23.7 Å². The van der Waals surface area contributed by atoms with E-state index < -0.39 is 11.6 Å². The van der Waals surface area contributed by atoms with E-state index in [1.54, 1.807) is 6.92 Å². The average Bonchev–Trinajstić information content (AvgIpc) is 2.00. The van der Waals surface area contributed by atoms with Crippen molar-refractivity contribution < 1.29 is 13.6 Å². The highest BCUT2D eigenvalue weighted by Crippen LogP contribution is 2.12. The van der Waals surface area contributed by atoms with Gasteiger partial charge in [0.1, 0.15) is 11.6 Å². The second-order valence-electron chi connectivity index (χ2n) is 3.22. The molecule has 0 saturated carbocycles. The van der Waals surface area contributed by atoms with Crippen LogP contribution in [-0.4, -0.2) is 5.78 Å². The van der Waals surface area contributed by atoms with Crippen molar-refractivity contribution in [3.05, 3.63) is 47.5 Å². The molecule has 74 valence electrons. The van der Waals surface area contributed by atoms with Gasteiger partial charge in [0, 0.05) is 18.1 Å². The topological polar surface area (TPSA) is 17.1 Å². The number of benzene rings is 1. The zero-order valence-corrected chi connectivity index (χ0v) is 7.81. The van der Waals surface area contributed by atoms with Gasteiger partial charge in [0.15, 0.2) is 5.78 Å². The molecule has 0 aliphatic heterocycles. The van der Waals surface area contributed by atoms with Crippen molar-refractivity contribution in [1.82, 2.24) is 0 Å². The molecule has 1 aromatic rings. The van der Waals surface area contributed by atoms with E-state index in [1.165, 1.54) is 0 Å². The molecule has 1 rings (SSSR count). The molecule has 0 aliphatic rings. The molecule has 3 heteroatoms. The van der Waals surface area contributed by atoms with Gasteiger partial charge >= 0.3 is 0 Å². The molecule has 0 aliphatic carbocycles. The number of rotatable bonds is 3.